The summed E-state index contributed by atoms with van der Waals surface area (Å²) >= 11 is 6.19. The lowest BCUT2D eigenvalue weighted by Crippen LogP contribution is -2.40. The molecule has 27 heavy (non-hydrogen) atoms. The highest BCUT2D eigenvalue weighted by Crippen LogP contribution is 2.21. The fourth-order valence-corrected chi connectivity index (χ4v) is 2.77. The van der Waals surface area contributed by atoms with Crippen LogP contribution in [-0.4, -0.2) is 55.2 Å². The van der Waals surface area contributed by atoms with Crippen LogP contribution in [0.3, 0.4) is 0 Å². The van der Waals surface area contributed by atoms with Gasteiger partial charge in [0.2, 0.25) is 0 Å². The van der Waals surface area contributed by atoms with Crippen molar-refractivity contribution in [2.24, 2.45) is 0 Å². The zero-order valence-corrected chi connectivity index (χ0v) is 15.1. The SMILES string of the molecule is O=C(c1cnc(NCCOc2ccc(F)c(F)c2)c(Cl)c1)N1CCOCC1. The van der Waals surface area contributed by atoms with Crippen LogP contribution in [0.5, 0.6) is 5.75 Å². The van der Waals surface area contributed by atoms with E-state index >= 15 is 0 Å². The Morgan fingerprint density at radius 2 is 2.04 bits per heavy atom. The molecular weight excluding hydrogens is 380 g/mol. The van der Waals surface area contributed by atoms with Crippen LogP contribution in [0.25, 0.3) is 0 Å². The number of aromatic nitrogens is 1. The number of carbonyl (C=O) groups is 1. The highest BCUT2D eigenvalue weighted by molar-refractivity contribution is 6.33. The van der Waals surface area contributed by atoms with Crippen molar-refractivity contribution >= 4 is 23.3 Å². The van der Waals surface area contributed by atoms with Gasteiger partial charge in [-0.3, -0.25) is 4.79 Å². The number of hydrogen-bond donors (Lipinski definition) is 1. The lowest BCUT2D eigenvalue weighted by molar-refractivity contribution is 0.0302. The van der Waals surface area contributed by atoms with E-state index in [1.807, 2.05) is 0 Å². The first-order chi connectivity index (χ1) is 13.0. The van der Waals surface area contributed by atoms with Crippen molar-refractivity contribution in [1.29, 1.82) is 0 Å². The van der Waals surface area contributed by atoms with Crippen molar-refractivity contribution in [2.45, 2.75) is 0 Å². The molecule has 0 saturated carbocycles. The van der Waals surface area contributed by atoms with Crippen LogP contribution in [0, 0.1) is 11.6 Å². The van der Waals surface area contributed by atoms with E-state index < -0.39 is 11.6 Å². The number of morpholine rings is 1. The van der Waals surface area contributed by atoms with Crippen LogP contribution in [0.4, 0.5) is 14.6 Å². The second-order valence-electron chi connectivity index (χ2n) is 5.81. The molecule has 1 amide bonds. The fourth-order valence-electron chi connectivity index (χ4n) is 2.54. The molecule has 6 nitrogen and oxygen atoms in total. The van der Waals surface area contributed by atoms with Gasteiger partial charge in [0.05, 0.1) is 30.3 Å². The summed E-state index contributed by atoms with van der Waals surface area (Å²) in [5.74, 6) is -1.40. The molecule has 1 aliphatic rings. The number of pyridine rings is 1. The number of hydrogen-bond acceptors (Lipinski definition) is 5. The lowest BCUT2D eigenvalue weighted by atomic mass is 10.2. The van der Waals surface area contributed by atoms with Crippen molar-refractivity contribution < 1.29 is 23.0 Å². The molecule has 9 heteroatoms. The first kappa shape index (κ1) is 19.3. The Bertz CT molecular complexity index is 816. The largest absolute Gasteiger partial charge is 0.492 e. The average Bonchev–Trinajstić information content (AvgIpc) is 2.69. The predicted octanol–water partition coefficient (Wildman–Crippen LogP) is 2.98. The summed E-state index contributed by atoms with van der Waals surface area (Å²) in [5, 5.41) is 3.28. The molecule has 1 saturated heterocycles. The predicted molar refractivity (Wildman–Crippen MR) is 96.3 cm³/mol. The first-order valence-electron chi connectivity index (χ1n) is 8.39. The normalized spacial score (nSPS) is 14.1. The Balaban J connectivity index is 1.51. The van der Waals surface area contributed by atoms with E-state index in [9.17, 15) is 13.6 Å². The maximum absolute atomic E-state index is 13.1. The number of halogens is 3. The third-order valence-electron chi connectivity index (χ3n) is 3.94. The Hall–Kier alpha value is -2.45. The van der Waals surface area contributed by atoms with Gasteiger partial charge in [-0.1, -0.05) is 11.6 Å². The molecule has 2 aromatic rings. The second kappa shape index (κ2) is 8.96. The average molecular weight is 398 g/mol. The molecule has 0 spiro atoms. The number of carbonyl (C=O) groups excluding carboxylic acids is 1. The van der Waals surface area contributed by atoms with E-state index in [1.165, 1.54) is 12.3 Å². The van der Waals surface area contributed by atoms with E-state index in [-0.39, 0.29) is 18.3 Å². The molecule has 1 fully saturated rings. The van der Waals surface area contributed by atoms with Gasteiger partial charge in [0, 0.05) is 25.4 Å². The molecule has 2 heterocycles. The number of nitrogens with one attached hydrogen (secondary N) is 1. The molecule has 0 bridgehead atoms. The number of benzene rings is 1. The Morgan fingerprint density at radius 3 is 2.74 bits per heavy atom. The molecule has 0 atom stereocenters. The molecule has 0 aliphatic carbocycles. The van der Waals surface area contributed by atoms with Crippen LogP contribution >= 0.6 is 11.6 Å². The number of rotatable bonds is 6. The van der Waals surface area contributed by atoms with Gasteiger partial charge in [-0.15, -0.1) is 0 Å². The molecular formula is C18H18ClF2N3O3. The Kier molecular flexibility index (Phi) is 6.41. The molecule has 3 rings (SSSR count). The fraction of sp³-hybridized carbons (Fsp3) is 0.333. The van der Waals surface area contributed by atoms with E-state index in [0.717, 1.165) is 12.1 Å². The molecule has 1 N–H and O–H groups in total. The molecule has 0 radical (unpaired) electrons. The summed E-state index contributed by atoms with van der Waals surface area (Å²) in [4.78, 5) is 18.3. The Labute approximate surface area is 160 Å². The van der Waals surface area contributed by atoms with Crippen LogP contribution in [-0.2, 0) is 4.74 Å². The Morgan fingerprint density at radius 1 is 1.26 bits per heavy atom. The monoisotopic (exact) mass is 397 g/mol. The van der Waals surface area contributed by atoms with Crippen molar-refractivity contribution in [2.75, 3.05) is 44.8 Å². The summed E-state index contributed by atoms with van der Waals surface area (Å²) in [6.07, 6.45) is 1.46. The van der Waals surface area contributed by atoms with Gasteiger partial charge < -0.3 is 19.7 Å². The van der Waals surface area contributed by atoms with Gasteiger partial charge in [0.15, 0.2) is 11.6 Å². The molecule has 1 aromatic carbocycles. The summed E-state index contributed by atoms with van der Waals surface area (Å²) in [5.41, 5.74) is 0.408. The number of anilines is 1. The first-order valence-corrected chi connectivity index (χ1v) is 8.76. The summed E-state index contributed by atoms with van der Waals surface area (Å²) in [6, 6.07) is 4.88. The maximum atomic E-state index is 13.1. The molecule has 0 unspecified atom stereocenters. The van der Waals surface area contributed by atoms with Crippen LogP contribution in [0.15, 0.2) is 30.5 Å². The molecule has 1 aromatic heterocycles. The number of nitrogens with zero attached hydrogens (tertiary/aromatic N) is 2. The zero-order chi connectivity index (χ0) is 19.2. The van der Waals surface area contributed by atoms with E-state index in [1.54, 1.807) is 11.0 Å². The van der Waals surface area contributed by atoms with E-state index in [4.69, 9.17) is 21.1 Å². The van der Waals surface area contributed by atoms with Gasteiger partial charge in [0.1, 0.15) is 18.2 Å². The van der Waals surface area contributed by atoms with Gasteiger partial charge in [-0.25, -0.2) is 13.8 Å². The number of amides is 1. The highest BCUT2D eigenvalue weighted by Gasteiger charge is 2.19. The van der Waals surface area contributed by atoms with Gasteiger partial charge >= 0.3 is 0 Å². The lowest BCUT2D eigenvalue weighted by Gasteiger charge is -2.26. The number of ether oxygens (including phenoxy) is 2. The van der Waals surface area contributed by atoms with Crippen molar-refractivity contribution in [3.8, 4) is 5.75 Å². The summed E-state index contributed by atoms with van der Waals surface area (Å²) in [6.45, 7) is 2.64. The van der Waals surface area contributed by atoms with Crippen LogP contribution in [0.2, 0.25) is 5.02 Å². The minimum Gasteiger partial charge on any atom is -0.492 e. The quantitative estimate of drug-likeness (QED) is 0.759. The van der Waals surface area contributed by atoms with Crippen LogP contribution < -0.4 is 10.1 Å². The maximum Gasteiger partial charge on any atom is 0.255 e. The highest BCUT2D eigenvalue weighted by atomic mass is 35.5. The second-order valence-corrected chi connectivity index (χ2v) is 6.22. The van der Waals surface area contributed by atoms with Crippen LogP contribution in [0.1, 0.15) is 10.4 Å². The minimum atomic E-state index is -0.967. The van der Waals surface area contributed by atoms with Gasteiger partial charge in [-0.2, -0.15) is 0 Å². The van der Waals surface area contributed by atoms with Gasteiger partial charge in [0.25, 0.3) is 5.91 Å². The van der Waals surface area contributed by atoms with E-state index in [2.05, 4.69) is 10.3 Å². The third kappa shape index (κ3) is 5.05. The summed E-state index contributed by atoms with van der Waals surface area (Å²) in [7, 11) is 0. The summed E-state index contributed by atoms with van der Waals surface area (Å²) < 4.78 is 36.5. The smallest absolute Gasteiger partial charge is 0.255 e. The van der Waals surface area contributed by atoms with E-state index in [0.29, 0.717) is 49.3 Å². The van der Waals surface area contributed by atoms with Crippen molar-refractivity contribution in [3.63, 3.8) is 0 Å². The minimum absolute atomic E-state index is 0.138. The topological polar surface area (TPSA) is 63.7 Å². The molecule has 144 valence electrons. The third-order valence-corrected chi connectivity index (χ3v) is 4.23. The van der Waals surface area contributed by atoms with Crippen molar-refractivity contribution in [3.05, 3.63) is 52.7 Å². The molecule has 1 aliphatic heterocycles. The standard InChI is InChI=1S/C18H18ClF2N3O3/c19-14-9-12(18(25)24-4-7-26-8-5-24)11-23-17(14)22-3-6-27-13-1-2-15(20)16(21)10-13/h1-2,9-11H,3-8H2,(H,22,23). The van der Waals surface area contributed by atoms with Crippen molar-refractivity contribution in [1.82, 2.24) is 9.88 Å². The van der Waals surface area contributed by atoms with Gasteiger partial charge in [-0.05, 0) is 18.2 Å². The zero-order valence-electron chi connectivity index (χ0n) is 14.4.